The zero-order valence-electron chi connectivity index (χ0n) is 52.6. The van der Waals surface area contributed by atoms with Crippen LogP contribution in [0.4, 0.5) is 0 Å². The van der Waals surface area contributed by atoms with Crippen LogP contribution >= 0.6 is 0 Å². The molecule has 6 nitrogen and oxygen atoms in total. The minimum Gasteiger partial charge on any atom is -0.723 e. The smallest absolute Gasteiger partial charge is 0.723 e. The van der Waals surface area contributed by atoms with Crippen molar-refractivity contribution in [3.05, 3.63) is 152 Å². The van der Waals surface area contributed by atoms with Crippen LogP contribution in [0.1, 0.15) is 228 Å². The third-order valence-corrected chi connectivity index (χ3v) is 11.4. The molecule has 0 unspecified atom stereocenters. The number of nitrogens with zero attached hydrogens (tertiary/aromatic N) is 6. The Morgan fingerprint density at radius 2 is 0.453 bits per heavy atom. The van der Waals surface area contributed by atoms with Gasteiger partial charge in [-0.2, -0.15) is 0 Å². The monoisotopic (exact) mass is 1580 g/mol. The predicted octanol–water partition coefficient (Wildman–Crippen LogP) is 22.9. The van der Waals surface area contributed by atoms with Crippen LogP contribution in [-0.4, -0.2) is 42.3 Å². The van der Waals surface area contributed by atoms with E-state index in [1.807, 2.05) is 0 Å². The topological polar surface area (TPSA) is 84.6 Å². The second kappa shape index (κ2) is 118. The zero-order chi connectivity index (χ0) is 49.2. The Balaban J connectivity index is -0.0000000292. The molecule has 0 N–H and O–H groups in total. The normalized spacial score (nSPS) is 13.9. The van der Waals surface area contributed by atoms with Crippen molar-refractivity contribution < 1.29 is 117 Å². The molecule has 0 spiro atoms. The second-order valence-corrected chi connectivity index (χ2v) is 17.2. The number of rotatable bonds is 8. The van der Waals surface area contributed by atoms with Gasteiger partial charge in [-0.25, -0.2) is 0 Å². The molecule has 0 aromatic carbocycles. The summed E-state index contributed by atoms with van der Waals surface area (Å²) in [6.07, 6.45) is 45.5. The van der Waals surface area contributed by atoms with Crippen molar-refractivity contribution in [2.45, 2.75) is 228 Å². The summed E-state index contributed by atoms with van der Waals surface area (Å²) in [6.45, 7) is 43.9. The third kappa shape index (κ3) is 148. The Kier molecular flexibility index (Phi) is 200. The average Bonchev–Trinajstić information content (AvgIpc) is 4.16. The van der Waals surface area contributed by atoms with Crippen molar-refractivity contribution in [1.82, 2.24) is 0 Å². The average molecular weight is 1570 g/mol. The molecule has 456 valence electrons. The first kappa shape index (κ1) is 127. The molecule has 6 aliphatic carbocycles. The molecule has 6 fully saturated rings. The van der Waals surface area contributed by atoms with Gasteiger partial charge >= 0.3 is 117 Å². The van der Waals surface area contributed by atoms with Crippen molar-refractivity contribution in [2.75, 3.05) is 42.3 Å². The van der Waals surface area contributed by atoms with Gasteiger partial charge in [-0.1, -0.05) is 228 Å². The minimum absolute atomic E-state index is 0. The Bertz CT molecular complexity index is 806. The zero-order valence-corrected chi connectivity index (χ0v) is 63.0. The molecule has 6 rings (SSSR count). The first-order chi connectivity index (χ1) is 30.2. The summed E-state index contributed by atoms with van der Waals surface area (Å²) >= 11 is 0. The van der Waals surface area contributed by atoms with Gasteiger partial charge < -0.3 is 152 Å². The van der Waals surface area contributed by atoms with Gasteiger partial charge in [0.2, 0.25) is 0 Å². The molecule has 6 saturated carbocycles. The Labute approximate surface area is 557 Å². The molecule has 0 atom stereocenters. The first-order valence-electron chi connectivity index (χ1n) is 25.1. The molecule has 0 bridgehead atoms. The quantitative estimate of drug-likeness (QED) is 0.171. The van der Waals surface area contributed by atoms with E-state index >= 15 is 0 Å². The first-order valence-corrected chi connectivity index (χ1v) is 25.1. The van der Waals surface area contributed by atoms with E-state index in [-0.39, 0.29) is 161 Å². The van der Waals surface area contributed by atoms with Crippen molar-refractivity contribution in [2.24, 2.45) is 23.7 Å². The fourth-order valence-electron chi connectivity index (χ4n) is 6.86. The van der Waals surface area contributed by atoms with Crippen molar-refractivity contribution in [3.8, 4) is 0 Å². The summed E-state index contributed by atoms with van der Waals surface area (Å²) < 4.78 is 0. The van der Waals surface area contributed by atoms with E-state index in [1.165, 1.54) is 198 Å². The number of hydrogen-bond acceptors (Lipinski definition) is 0. The van der Waals surface area contributed by atoms with Gasteiger partial charge in [0, 0.05) is 0 Å². The Morgan fingerprint density at radius 3 is 0.507 bits per heavy atom. The van der Waals surface area contributed by atoms with Crippen LogP contribution in [0.2, 0.25) is 0 Å². The molecular formula is C63H126N6Ru6. The van der Waals surface area contributed by atoms with Gasteiger partial charge in [-0.15, -0.1) is 42.3 Å². The van der Waals surface area contributed by atoms with E-state index in [0.29, 0.717) is 17.1 Å². The van der Waals surface area contributed by atoms with Crippen molar-refractivity contribution in [1.29, 1.82) is 0 Å². The summed E-state index contributed by atoms with van der Waals surface area (Å²) in [5, 5.41) is 20.9. The molecule has 0 amide bonds. The van der Waals surface area contributed by atoms with E-state index < -0.39 is 0 Å². The summed E-state index contributed by atoms with van der Waals surface area (Å²) in [5.74, 6) is 4.29. The standard InChI is InChI=1S/2C7H14.2C6H12.2C5H10.3C4H7N.3C3H5N.6CH3.6Ru/c2*1-2-7-5-3-4-6-7;2*1-6-4-2-3-5-6;2*1-2-4-5-3-1;3*1-4(2)5-3;3*1-3-4-2;;;;;;;;;;;;/h2*7H,2-6H2,1H3;2*6H,2-5H2,1H3;2*1-5H2;3*1H,2-3H3;3*1,3H,2H3;6*1H3;;;;;;/q;;;;;;6*-2;6*-1;6*+3. The number of allylic oxidation sites excluding steroid dienone is 3. The number of hydrogen-bond donors (Lipinski definition) is 0. The van der Waals surface area contributed by atoms with Crippen LogP contribution in [0.15, 0.2) is 35.7 Å². The Hall–Kier alpha value is 0.980. The van der Waals surface area contributed by atoms with Gasteiger partial charge in [0.25, 0.3) is 0 Å². The molecule has 6 radical (unpaired) electrons. The largest absolute Gasteiger partial charge is 3.00 e. The van der Waals surface area contributed by atoms with E-state index in [9.17, 15) is 0 Å². The van der Waals surface area contributed by atoms with E-state index in [0.717, 1.165) is 23.7 Å². The fourth-order valence-corrected chi connectivity index (χ4v) is 6.86. The van der Waals surface area contributed by atoms with Gasteiger partial charge in [-0.05, 0) is 23.7 Å². The van der Waals surface area contributed by atoms with Crippen LogP contribution in [0.3, 0.4) is 0 Å². The van der Waals surface area contributed by atoms with Crippen LogP contribution in [0, 0.1) is 108 Å². The SMILES string of the molecule is C1CCCC1.C1CCCC1.CC1CCCC1.CC1CCCC1.CCC1CCCC1.CCC1CCCC1.[CH-]=C(C)[N-]C.[CH-]=C(C)[N-]C.[CH-]=C(C)[N-]C.[CH-]=C[N-]C.[CH-]=C[N-]C.[CH-]=C[N-]C.[CH3-].[CH3-].[CH3-].[CH3-].[CH3-].[CH3-].[Ru+3].[Ru+3].[Ru+3].[Ru+3].[Ru+3].[Ru+3]. The summed E-state index contributed by atoms with van der Waals surface area (Å²) in [5.41, 5.74) is 1.89. The van der Waals surface area contributed by atoms with Gasteiger partial charge in [0.1, 0.15) is 0 Å². The summed E-state index contributed by atoms with van der Waals surface area (Å²) in [4.78, 5) is 0. The molecule has 75 heavy (non-hydrogen) atoms. The maximum Gasteiger partial charge on any atom is 3.00 e. The van der Waals surface area contributed by atoms with Crippen molar-refractivity contribution >= 4 is 0 Å². The molecule has 0 aromatic heterocycles. The molecule has 6 aliphatic rings. The van der Waals surface area contributed by atoms with Crippen LogP contribution in [0.25, 0.3) is 31.9 Å². The Morgan fingerprint density at radius 1 is 0.333 bits per heavy atom. The minimum atomic E-state index is 0. The molecule has 12 heteroatoms. The molecule has 0 aromatic rings. The van der Waals surface area contributed by atoms with Gasteiger partial charge in [0.15, 0.2) is 0 Å². The molecule has 0 heterocycles. The van der Waals surface area contributed by atoms with E-state index in [2.05, 4.69) is 59.6 Å². The molecule has 0 saturated heterocycles. The molecular weight excluding hydrogens is 1450 g/mol. The predicted molar refractivity (Wildman–Crippen MR) is 327 cm³/mol. The van der Waals surface area contributed by atoms with E-state index in [4.69, 9.17) is 39.5 Å². The van der Waals surface area contributed by atoms with Crippen LogP contribution < -0.4 is 0 Å². The maximum absolute atomic E-state index is 5.04. The third-order valence-electron chi connectivity index (χ3n) is 11.4. The fraction of sp³-hybridized carbons (Fsp3) is 0.714. The molecule has 0 aliphatic heterocycles. The van der Waals surface area contributed by atoms with Gasteiger partial charge in [0.05, 0.1) is 0 Å². The van der Waals surface area contributed by atoms with Crippen molar-refractivity contribution in [3.63, 3.8) is 0 Å². The van der Waals surface area contributed by atoms with E-state index in [1.54, 1.807) is 63.1 Å². The summed E-state index contributed by atoms with van der Waals surface area (Å²) in [6, 6.07) is 0. The maximum atomic E-state index is 5.04. The van der Waals surface area contributed by atoms with Gasteiger partial charge in [-0.3, -0.25) is 0 Å². The van der Waals surface area contributed by atoms with Crippen LogP contribution in [-0.2, 0) is 117 Å². The second-order valence-electron chi connectivity index (χ2n) is 17.2. The van der Waals surface area contributed by atoms with Crippen LogP contribution in [0.5, 0.6) is 0 Å². The summed E-state index contributed by atoms with van der Waals surface area (Å²) in [7, 11) is 9.86.